The molecule has 4 nitrogen and oxygen atoms in total. The first-order chi connectivity index (χ1) is 9.34. The van der Waals surface area contributed by atoms with Crippen molar-refractivity contribution in [1.82, 2.24) is 15.2 Å². The van der Waals surface area contributed by atoms with E-state index in [1.54, 1.807) is 13.3 Å². The molecule has 0 unspecified atom stereocenters. The zero-order valence-electron chi connectivity index (χ0n) is 11.7. The number of methoxy groups -OCH3 is 1. The molecule has 1 aromatic rings. The predicted octanol–water partition coefficient (Wildman–Crippen LogP) is 1.81. The summed E-state index contributed by atoms with van der Waals surface area (Å²) in [6.45, 7) is 4.30. The number of aromatic nitrogens is 1. The van der Waals surface area contributed by atoms with Crippen molar-refractivity contribution in [3.8, 4) is 5.88 Å². The maximum absolute atomic E-state index is 5.38. The third-order valence-electron chi connectivity index (χ3n) is 4.62. The van der Waals surface area contributed by atoms with Crippen molar-refractivity contribution < 1.29 is 4.74 Å². The van der Waals surface area contributed by atoms with Crippen LogP contribution in [0.3, 0.4) is 0 Å². The van der Waals surface area contributed by atoms with E-state index >= 15 is 0 Å². The highest BCUT2D eigenvalue weighted by atomic mass is 16.5. The van der Waals surface area contributed by atoms with Crippen LogP contribution in [0, 0.1) is 0 Å². The van der Waals surface area contributed by atoms with E-state index in [-0.39, 0.29) is 0 Å². The second kappa shape index (κ2) is 5.47. The number of ether oxygens (including phenoxy) is 1. The molecule has 0 aromatic carbocycles. The van der Waals surface area contributed by atoms with Gasteiger partial charge in [-0.05, 0) is 18.9 Å². The number of pyridine rings is 1. The number of hydrogen-bond acceptors (Lipinski definition) is 4. The minimum Gasteiger partial charge on any atom is -0.481 e. The van der Waals surface area contributed by atoms with Gasteiger partial charge < -0.3 is 10.1 Å². The van der Waals surface area contributed by atoms with E-state index in [0.717, 1.165) is 32.1 Å². The molecular formula is C15H23N3O. The molecule has 2 fully saturated rings. The lowest BCUT2D eigenvalue weighted by molar-refractivity contribution is 0.0564. The van der Waals surface area contributed by atoms with Crippen LogP contribution >= 0.6 is 0 Å². The lowest BCUT2D eigenvalue weighted by atomic mass is 9.92. The van der Waals surface area contributed by atoms with E-state index in [9.17, 15) is 0 Å². The van der Waals surface area contributed by atoms with Gasteiger partial charge in [-0.3, -0.25) is 4.90 Å². The van der Waals surface area contributed by atoms with Crippen molar-refractivity contribution in [2.45, 2.75) is 37.8 Å². The van der Waals surface area contributed by atoms with Crippen LogP contribution in [0.1, 0.15) is 31.2 Å². The molecule has 1 saturated carbocycles. The van der Waals surface area contributed by atoms with Crippen molar-refractivity contribution in [2.75, 3.05) is 26.7 Å². The molecule has 0 radical (unpaired) electrons. The largest absolute Gasteiger partial charge is 0.481 e. The topological polar surface area (TPSA) is 37.4 Å². The van der Waals surface area contributed by atoms with Gasteiger partial charge in [-0.15, -0.1) is 0 Å². The van der Waals surface area contributed by atoms with E-state index in [0.29, 0.717) is 5.54 Å². The van der Waals surface area contributed by atoms with Gasteiger partial charge in [0.05, 0.1) is 7.11 Å². The molecule has 4 heteroatoms. The summed E-state index contributed by atoms with van der Waals surface area (Å²) in [5.41, 5.74) is 1.58. The molecule has 0 amide bonds. The highest BCUT2D eigenvalue weighted by molar-refractivity contribution is 5.25. The summed E-state index contributed by atoms with van der Waals surface area (Å²) in [7, 11) is 1.70. The number of rotatable bonds is 3. The Morgan fingerprint density at radius 1 is 1.42 bits per heavy atom. The highest BCUT2D eigenvalue weighted by Crippen LogP contribution is 2.37. The number of piperazine rings is 1. The van der Waals surface area contributed by atoms with E-state index in [1.165, 1.54) is 31.2 Å². The van der Waals surface area contributed by atoms with Crippen LogP contribution in [0.15, 0.2) is 18.3 Å². The average Bonchev–Trinajstić information content (AvgIpc) is 2.91. The fraction of sp³-hybridized carbons (Fsp3) is 0.667. The van der Waals surface area contributed by atoms with E-state index in [1.807, 2.05) is 6.07 Å². The quantitative estimate of drug-likeness (QED) is 0.900. The first kappa shape index (κ1) is 12.9. The molecule has 0 atom stereocenters. The third-order valence-corrected chi connectivity index (χ3v) is 4.62. The molecule has 104 valence electrons. The molecule has 2 aliphatic rings. The van der Waals surface area contributed by atoms with Crippen LogP contribution in [0.2, 0.25) is 0 Å². The van der Waals surface area contributed by atoms with Crippen molar-refractivity contribution in [3.05, 3.63) is 23.9 Å². The van der Waals surface area contributed by atoms with Gasteiger partial charge in [-0.1, -0.05) is 18.9 Å². The molecule has 3 rings (SSSR count). The molecule has 1 aliphatic heterocycles. The Morgan fingerprint density at radius 2 is 2.26 bits per heavy atom. The second-order valence-electron chi connectivity index (χ2n) is 5.70. The van der Waals surface area contributed by atoms with Crippen LogP contribution in [0.5, 0.6) is 5.88 Å². The smallest absolute Gasteiger partial charge is 0.217 e. The van der Waals surface area contributed by atoms with Gasteiger partial charge in [-0.25, -0.2) is 4.98 Å². The average molecular weight is 261 g/mol. The fourth-order valence-electron chi connectivity index (χ4n) is 3.59. The first-order valence-corrected chi connectivity index (χ1v) is 7.28. The Bertz CT molecular complexity index is 429. The van der Waals surface area contributed by atoms with Crippen molar-refractivity contribution in [2.24, 2.45) is 0 Å². The third kappa shape index (κ3) is 2.47. The van der Waals surface area contributed by atoms with Crippen LogP contribution in [0.4, 0.5) is 0 Å². The Hall–Kier alpha value is -1.13. The predicted molar refractivity (Wildman–Crippen MR) is 75.3 cm³/mol. The summed E-state index contributed by atoms with van der Waals surface area (Å²) in [5, 5.41) is 3.57. The summed E-state index contributed by atoms with van der Waals surface area (Å²) in [5.74, 6) is 0.772. The first-order valence-electron chi connectivity index (χ1n) is 7.28. The number of hydrogen-bond donors (Lipinski definition) is 1. The zero-order chi connectivity index (χ0) is 13.1. The summed E-state index contributed by atoms with van der Waals surface area (Å²) in [6.07, 6.45) is 7.17. The Balaban J connectivity index is 1.80. The van der Waals surface area contributed by atoms with Crippen molar-refractivity contribution >= 4 is 0 Å². The summed E-state index contributed by atoms with van der Waals surface area (Å²) >= 11 is 0. The van der Waals surface area contributed by atoms with Gasteiger partial charge in [0.1, 0.15) is 0 Å². The summed E-state index contributed by atoms with van der Waals surface area (Å²) in [4.78, 5) is 6.96. The van der Waals surface area contributed by atoms with E-state index in [4.69, 9.17) is 4.74 Å². The van der Waals surface area contributed by atoms with Crippen LogP contribution in [0.25, 0.3) is 0 Å². The number of nitrogens with one attached hydrogen (secondary N) is 1. The van der Waals surface area contributed by atoms with Gasteiger partial charge in [0.15, 0.2) is 0 Å². The van der Waals surface area contributed by atoms with Gasteiger partial charge >= 0.3 is 0 Å². The lowest BCUT2D eigenvalue weighted by Crippen LogP contribution is -2.59. The second-order valence-corrected chi connectivity index (χ2v) is 5.70. The molecule has 1 N–H and O–H groups in total. The molecule has 2 heterocycles. The van der Waals surface area contributed by atoms with Gasteiger partial charge in [0.25, 0.3) is 0 Å². The normalized spacial score (nSPS) is 22.8. The van der Waals surface area contributed by atoms with Gasteiger partial charge in [0, 0.05) is 43.5 Å². The number of nitrogens with zero attached hydrogens (tertiary/aromatic N) is 2. The van der Waals surface area contributed by atoms with Crippen LogP contribution in [-0.2, 0) is 6.54 Å². The van der Waals surface area contributed by atoms with Gasteiger partial charge in [0.2, 0.25) is 5.88 Å². The maximum Gasteiger partial charge on any atom is 0.217 e. The SMILES string of the molecule is COc1ncccc1CN1CCNCC12CCCC2. The molecule has 1 saturated heterocycles. The Labute approximate surface area is 115 Å². The molecule has 1 aliphatic carbocycles. The monoisotopic (exact) mass is 261 g/mol. The molecule has 1 spiro atoms. The van der Waals surface area contributed by atoms with Crippen molar-refractivity contribution in [1.29, 1.82) is 0 Å². The van der Waals surface area contributed by atoms with Crippen molar-refractivity contribution in [3.63, 3.8) is 0 Å². The maximum atomic E-state index is 5.38. The highest BCUT2D eigenvalue weighted by Gasteiger charge is 2.41. The summed E-state index contributed by atoms with van der Waals surface area (Å²) < 4.78 is 5.38. The Morgan fingerprint density at radius 3 is 3.05 bits per heavy atom. The van der Waals surface area contributed by atoms with E-state index < -0.39 is 0 Å². The lowest BCUT2D eigenvalue weighted by Gasteiger charge is -2.45. The molecule has 19 heavy (non-hydrogen) atoms. The Kier molecular flexibility index (Phi) is 3.71. The standard InChI is InChI=1S/C15H23N3O/c1-19-14-13(5-4-8-17-14)11-18-10-9-16-12-15(18)6-2-3-7-15/h4-5,8,16H,2-3,6-7,9-12H2,1H3. The van der Waals surface area contributed by atoms with Crippen LogP contribution in [-0.4, -0.2) is 42.2 Å². The molecule has 0 bridgehead atoms. The molecular weight excluding hydrogens is 238 g/mol. The summed E-state index contributed by atoms with van der Waals surface area (Å²) in [6, 6.07) is 4.14. The van der Waals surface area contributed by atoms with Crippen LogP contribution < -0.4 is 10.1 Å². The minimum atomic E-state index is 0.374. The van der Waals surface area contributed by atoms with E-state index in [2.05, 4.69) is 21.3 Å². The van der Waals surface area contributed by atoms with Gasteiger partial charge in [-0.2, -0.15) is 0 Å². The fourth-order valence-corrected chi connectivity index (χ4v) is 3.59. The zero-order valence-corrected chi connectivity index (χ0v) is 11.7. The minimum absolute atomic E-state index is 0.374. The molecule has 1 aromatic heterocycles.